The lowest BCUT2D eigenvalue weighted by Gasteiger charge is -2.49. The first-order valence-electron chi connectivity index (χ1n) is 6.11. The molecule has 1 aliphatic carbocycles. The molecule has 6 heteroatoms. The summed E-state index contributed by atoms with van der Waals surface area (Å²) >= 11 is 3.48. The number of rotatable bonds is 4. The fourth-order valence-electron chi connectivity index (χ4n) is 2.49. The van der Waals surface area contributed by atoms with Crippen LogP contribution in [0.2, 0.25) is 0 Å². The third-order valence-corrected chi connectivity index (χ3v) is 4.43. The Morgan fingerprint density at radius 2 is 2.06 bits per heavy atom. The van der Waals surface area contributed by atoms with Gasteiger partial charge in [-0.25, -0.2) is 4.98 Å². The first-order valence-corrected chi connectivity index (χ1v) is 6.90. The van der Waals surface area contributed by atoms with Gasteiger partial charge in [0.1, 0.15) is 5.82 Å². The van der Waals surface area contributed by atoms with Crippen molar-refractivity contribution in [3.8, 4) is 0 Å². The Morgan fingerprint density at radius 1 is 1.39 bits per heavy atom. The summed E-state index contributed by atoms with van der Waals surface area (Å²) in [6.45, 7) is 0.953. The van der Waals surface area contributed by atoms with E-state index in [0.717, 1.165) is 16.8 Å². The van der Waals surface area contributed by atoms with Gasteiger partial charge in [-0.2, -0.15) is 4.98 Å². The zero-order chi connectivity index (χ0) is 13.3. The Balaban J connectivity index is 2.16. The molecule has 100 valence electrons. The number of nitrogens with two attached hydrogens (primary N) is 1. The van der Waals surface area contributed by atoms with Crippen molar-refractivity contribution >= 4 is 27.7 Å². The van der Waals surface area contributed by atoms with E-state index in [0.29, 0.717) is 5.95 Å². The molecule has 0 radical (unpaired) electrons. The van der Waals surface area contributed by atoms with Crippen molar-refractivity contribution in [3.63, 3.8) is 0 Å². The molecular formula is C12H20BrN5. The molecule has 1 aromatic heterocycles. The Kier molecular flexibility index (Phi) is 3.77. The summed E-state index contributed by atoms with van der Waals surface area (Å²) in [5.74, 6) is 1.17. The van der Waals surface area contributed by atoms with Crippen LogP contribution in [0, 0.1) is 0 Å². The summed E-state index contributed by atoms with van der Waals surface area (Å²) in [5.41, 5.74) is 5.93. The number of halogens is 1. The van der Waals surface area contributed by atoms with Crippen LogP contribution < -0.4 is 10.6 Å². The summed E-state index contributed by atoms with van der Waals surface area (Å²) < 4.78 is 0.882. The van der Waals surface area contributed by atoms with Crippen LogP contribution in [0.4, 0.5) is 11.8 Å². The van der Waals surface area contributed by atoms with Gasteiger partial charge in [-0.05, 0) is 49.3 Å². The van der Waals surface area contributed by atoms with E-state index in [-0.39, 0.29) is 5.54 Å². The predicted molar refractivity (Wildman–Crippen MR) is 77.7 cm³/mol. The topological polar surface area (TPSA) is 58.3 Å². The third kappa shape index (κ3) is 2.44. The molecule has 0 saturated heterocycles. The summed E-state index contributed by atoms with van der Waals surface area (Å²) in [7, 11) is 6.35. The number of anilines is 2. The highest BCUT2D eigenvalue weighted by molar-refractivity contribution is 9.10. The number of aromatic nitrogens is 2. The lowest BCUT2D eigenvalue weighted by atomic mass is 9.75. The fourth-order valence-corrected chi connectivity index (χ4v) is 2.98. The molecule has 18 heavy (non-hydrogen) atoms. The molecule has 0 spiro atoms. The van der Waals surface area contributed by atoms with Crippen molar-refractivity contribution in [2.45, 2.75) is 24.8 Å². The summed E-state index contributed by atoms with van der Waals surface area (Å²) in [6.07, 6.45) is 5.49. The van der Waals surface area contributed by atoms with Crippen LogP contribution in [0.3, 0.4) is 0 Å². The van der Waals surface area contributed by atoms with Gasteiger partial charge in [0.2, 0.25) is 5.95 Å². The monoisotopic (exact) mass is 313 g/mol. The van der Waals surface area contributed by atoms with E-state index in [1.165, 1.54) is 19.3 Å². The van der Waals surface area contributed by atoms with E-state index in [9.17, 15) is 0 Å². The highest BCUT2D eigenvalue weighted by Gasteiger charge is 2.40. The molecule has 5 nitrogen and oxygen atoms in total. The maximum Gasteiger partial charge on any atom is 0.222 e. The quantitative estimate of drug-likeness (QED) is 0.917. The average molecular weight is 314 g/mol. The molecule has 0 aromatic carbocycles. The van der Waals surface area contributed by atoms with Crippen LogP contribution in [-0.2, 0) is 0 Å². The maximum absolute atomic E-state index is 5.66. The second-order valence-corrected chi connectivity index (χ2v) is 6.08. The second kappa shape index (κ2) is 5.01. The summed E-state index contributed by atoms with van der Waals surface area (Å²) in [5, 5.41) is 0. The Bertz CT molecular complexity index is 430. The normalized spacial score (nSPS) is 17.6. The predicted octanol–water partition coefficient (Wildman–Crippen LogP) is 1.74. The molecule has 0 bridgehead atoms. The molecule has 1 aliphatic rings. The Labute approximate surface area is 117 Å². The molecule has 0 atom stereocenters. The first kappa shape index (κ1) is 13.5. The SMILES string of the molecule is CN(CC1(N(C)C)CCC1)c1nc(N)ncc1Br. The van der Waals surface area contributed by atoms with Gasteiger partial charge >= 0.3 is 0 Å². The van der Waals surface area contributed by atoms with Crippen molar-refractivity contribution in [3.05, 3.63) is 10.7 Å². The number of hydrogen-bond donors (Lipinski definition) is 1. The van der Waals surface area contributed by atoms with Gasteiger partial charge in [0, 0.05) is 25.3 Å². The molecule has 0 unspecified atom stereocenters. The highest BCUT2D eigenvalue weighted by atomic mass is 79.9. The van der Waals surface area contributed by atoms with Crippen LogP contribution in [0.25, 0.3) is 0 Å². The largest absolute Gasteiger partial charge is 0.368 e. The molecule has 1 saturated carbocycles. The van der Waals surface area contributed by atoms with Crippen molar-refractivity contribution < 1.29 is 0 Å². The summed E-state index contributed by atoms with van der Waals surface area (Å²) in [6, 6.07) is 0. The highest BCUT2D eigenvalue weighted by Crippen LogP contribution is 2.38. The van der Waals surface area contributed by atoms with Crippen LogP contribution in [0.5, 0.6) is 0 Å². The van der Waals surface area contributed by atoms with Gasteiger partial charge in [0.05, 0.1) is 4.47 Å². The van der Waals surface area contributed by atoms with Crippen LogP contribution >= 0.6 is 15.9 Å². The first-order chi connectivity index (χ1) is 8.44. The minimum absolute atomic E-state index is 0.272. The van der Waals surface area contributed by atoms with Gasteiger partial charge in [0.25, 0.3) is 0 Å². The lowest BCUT2D eigenvalue weighted by molar-refractivity contribution is 0.0681. The number of hydrogen-bond acceptors (Lipinski definition) is 5. The van der Waals surface area contributed by atoms with E-state index in [4.69, 9.17) is 5.73 Å². The average Bonchev–Trinajstić information content (AvgIpc) is 2.26. The molecular weight excluding hydrogens is 294 g/mol. The zero-order valence-electron chi connectivity index (χ0n) is 11.1. The molecule has 0 amide bonds. The lowest BCUT2D eigenvalue weighted by Crippen LogP contribution is -2.56. The van der Waals surface area contributed by atoms with E-state index >= 15 is 0 Å². The summed E-state index contributed by atoms with van der Waals surface area (Å²) in [4.78, 5) is 12.8. The maximum atomic E-state index is 5.66. The van der Waals surface area contributed by atoms with Crippen LogP contribution in [0.15, 0.2) is 10.7 Å². The Morgan fingerprint density at radius 3 is 2.56 bits per heavy atom. The van der Waals surface area contributed by atoms with Crippen molar-refractivity contribution in [2.24, 2.45) is 0 Å². The standard InChI is InChI=1S/C12H20BrN5/c1-17(2)12(5-4-6-12)8-18(3)10-9(13)7-15-11(14)16-10/h7H,4-6,8H2,1-3H3,(H2,14,15,16). The molecule has 1 heterocycles. The van der Waals surface area contributed by atoms with E-state index in [1.54, 1.807) is 6.20 Å². The number of likely N-dealkylation sites (N-methyl/N-ethyl adjacent to an activating group) is 2. The van der Waals surface area contributed by atoms with Crippen molar-refractivity contribution in [1.82, 2.24) is 14.9 Å². The number of nitrogens with zero attached hydrogens (tertiary/aromatic N) is 4. The molecule has 0 aliphatic heterocycles. The minimum Gasteiger partial charge on any atom is -0.368 e. The van der Waals surface area contributed by atoms with Crippen molar-refractivity contribution in [1.29, 1.82) is 0 Å². The zero-order valence-corrected chi connectivity index (χ0v) is 12.7. The molecule has 1 fully saturated rings. The fraction of sp³-hybridized carbons (Fsp3) is 0.667. The van der Waals surface area contributed by atoms with Gasteiger partial charge in [-0.15, -0.1) is 0 Å². The van der Waals surface area contributed by atoms with Gasteiger partial charge in [0.15, 0.2) is 0 Å². The Hall–Kier alpha value is -0.880. The third-order valence-electron chi connectivity index (χ3n) is 3.87. The van der Waals surface area contributed by atoms with E-state index < -0.39 is 0 Å². The van der Waals surface area contributed by atoms with Gasteiger partial charge in [-0.3, -0.25) is 0 Å². The van der Waals surface area contributed by atoms with Crippen molar-refractivity contribution in [2.75, 3.05) is 38.3 Å². The van der Waals surface area contributed by atoms with Gasteiger partial charge < -0.3 is 15.5 Å². The smallest absolute Gasteiger partial charge is 0.222 e. The van der Waals surface area contributed by atoms with Gasteiger partial charge in [-0.1, -0.05) is 0 Å². The molecule has 1 aromatic rings. The van der Waals surface area contributed by atoms with E-state index in [1.807, 2.05) is 0 Å². The molecule has 2 rings (SSSR count). The molecule has 2 N–H and O–H groups in total. The minimum atomic E-state index is 0.272. The van der Waals surface area contributed by atoms with Crippen LogP contribution in [-0.4, -0.2) is 48.1 Å². The second-order valence-electron chi connectivity index (χ2n) is 5.23. The number of nitrogen functional groups attached to an aromatic ring is 1. The van der Waals surface area contributed by atoms with Crippen LogP contribution in [0.1, 0.15) is 19.3 Å². The van der Waals surface area contributed by atoms with E-state index in [2.05, 4.69) is 56.8 Å².